The van der Waals surface area contributed by atoms with Crippen molar-refractivity contribution in [2.24, 2.45) is 0 Å². The van der Waals surface area contributed by atoms with Gasteiger partial charge >= 0.3 is 0 Å². The fourth-order valence-corrected chi connectivity index (χ4v) is 4.69. The molecule has 0 aliphatic rings. The number of aromatic nitrogens is 5. The molecule has 4 heterocycles. The molecular formula is C31H21N5O. The Morgan fingerprint density at radius 1 is 0.568 bits per heavy atom. The van der Waals surface area contributed by atoms with Crippen molar-refractivity contribution in [1.82, 2.24) is 24.3 Å². The molecule has 0 saturated carbocycles. The standard InChI is InChI=1S/C31H21N5O/c1-2-12-29-25(10-1)26-15-14-24(21-30(26)36(29)31-13-4-6-18-33-31)37-23-9-7-8-22(20-23)35-19-16-28(34-35)27-11-3-5-17-32-27/h1-21H. The highest BCUT2D eigenvalue weighted by atomic mass is 16.5. The molecule has 7 aromatic rings. The Morgan fingerprint density at radius 3 is 2.24 bits per heavy atom. The summed E-state index contributed by atoms with van der Waals surface area (Å²) in [6.07, 6.45) is 5.52. The second-order valence-electron chi connectivity index (χ2n) is 8.68. The molecular weight excluding hydrogens is 458 g/mol. The zero-order valence-corrected chi connectivity index (χ0v) is 19.8. The average Bonchev–Trinajstić information content (AvgIpc) is 3.58. The van der Waals surface area contributed by atoms with E-state index in [4.69, 9.17) is 9.84 Å². The number of pyridine rings is 2. The number of hydrogen-bond donors (Lipinski definition) is 0. The summed E-state index contributed by atoms with van der Waals surface area (Å²) in [6, 6.07) is 36.2. The maximum absolute atomic E-state index is 6.34. The maximum Gasteiger partial charge on any atom is 0.137 e. The van der Waals surface area contributed by atoms with E-state index >= 15 is 0 Å². The smallest absolute Gasteiger partial charge is 0.137 e. The predicted molar refractivity (Wildman–Crippen MR) is 145 cm³/mol. The minimum absolute atomic E-state index is 0.729. The zero-order valence-electron chi connectivity index (χ0n) is 19.8. The van der Waals surface area contributed by atoms with Crippen LogP contribution >= 0.6 is 0 Å². The van der Waals surface area contributed by atoms with Gasteiger partial charge in [0.05, 0.1) is 22.4 Å². The summed E-state index contributed by atoms with van der Waals surface area (Å²) in [4.78, 5) is 9.00. The number of benzene rings is 3. The van der Waals surface area contributed by atoms with E-state index < -0.39 is 0 Å². The van der Waals surface area contributed by atoms with Gasteiger partial charge < -0.3 is 4.74 Å². The van der Waals surface area contributed by atoms with Crippen LogP contribution in [0.5, 0.6) is 11.5 Å². The zero-order chi connectivity index (χ0) is 24.6. The summed E-state index contributed by atoms with van der Waals surface area (Å²) < 4.78 is 10.3. The molecule has 7 rings (SSSR count). The van der Waals surface area contributed by atoms with Gasteiger partial charge in [-0.05, 0) is 60.7 Å². The van der Waals surface area contributed by atoms with Crippen LogP contribution in [0, 0.1) is 0 Å². The number of nitrogens with zero attached hydrogens (tertiary/aromatic N) is 5. The molecule has 0 atom stereocenters. The molecule has 6 heteroatoms. The quantitative estimate of drug-likeness (QED) is 0.262. The van der Waals surface area contributed by atoms with Crippen molar-refractivity contribution < 1.29 is 4.74 Å². The first-order valence-corrected chi connectivity index (χ1v) is 12.0. The van der Waals surface area contributed by atoms with Crippen molar-refractivity contribution in [3.05, 3.63) is 128 Å². The molecule has 0 fully saturated rings. The molecule has 0 amide bonds. The lowest BCUT2D eigenvalue weighted by molar-refractivity contribution is 0.483. The molecule has 6 nitrogen and oxygen atoms in total. The van der Waals surface area contributed by atoms with Crippen molar-refractivity contribution in [3.63, 3.8) is 0 Å². The van der Waals surface area contributed by atoms with E-state index in [0.717, 1.165) is 50.8 Å². The molecule has 0 radical (unpaired) electrons. The first kappa shape index (κ1) is 21.1. The molecule has 37 heavy (non-hydrogen) atoms. The normalized spacial score (nSPS) is 11.2. The maximum atomic E-state index is 6.34. The largest absolute Gasteiger partial charge is 0.457 e. The number of rotatable bonds is 5. The Morgan fingerprint density at radius 2 is 1.38 bits per heavy atom. The van der Waals surface area contributed by atoms with Crippen molar-refractivity contribution in [2.75, 3.05) is 0 Å². The van der Waals surface area contributed by atoms with E-state index in [1.165, 1.54) is 5.39 Å². The third kappa shape index (κ3) is 3.81. The molecule has 176 valence electrons. The lowest BCUT2D eigenvalue weighted by atomic mass is 10.1. The number of ether oxygens (including phenoxy) is 1. The monoisotopic (exact) mass is 479 g/mol. The first-order chi connectivity index (χ1) is 18.3. The summed E-state index contributed by atoms with van der Waals surface area (Å²) in [5.41, 5.74) is 4.71. The Hall–Kier alpha value is -5.23. The lowest BCUT2D eigenvalue weighted by Gasteiger charge is -2.10. The fraction of sp³-hybridized carbons (Fsp3) is 0. The third-order valence-electron chi connectivity index (χ3n) is 6.36. The molecule has 3 aromatic carbocycles. The van der Waals surface area contributed by atoms with E-state index in [1.54, 1.807) is 6.20 Å². The summed E-state index contributed by atoms with van der Waals surface area (Å²) in [5, 5.41) is 7.03. The van der Waals surface area contributed by atoms with Gasteiger partial charge in [-0.15, -0.1) is 0 Å². The van der Waals surface area contributed by atoms with Gasteiger partial charge in [-0.1, -0.05) is 36.4 Å². The van der Waals surface area contributed by atoms with Crippen LogP contribution in [0.4, 0.5) is 0 Å². The second-order valence-corrected chi connectivity index (χ2v) is 8.68. The number of para-hydroxylation sites is 1. The highest BCUT2D eigenvalue weighted by molar-refractivity contribution is 6.09. The molecule has 0 N–H and O–H groups in total. The van der Waals surface area contributed by atoms with E-state index in [-0.39, 0.29) is 0 Å². The topological polar surface area (TPSA) is 57.8 Å². The Bertz CT molecular complexity index is 1860. The van der Waals surface area contributed by atoms with Crippen molar-refractivity contribution in [1.29, 1.82) is 0 Å². The highest BCUT2D eigenvalue weighted by Gasteiger charge is 2.14. The molecule has 0 saturated heterocycles. The van der Waals surface area contributed by atoms with Crippen LogP contribution in [0.25, 0.3) is 44.7 Å². The fourth-order valence-electron chi connectivity index (χ4n) is 4.69. The molecule has 0 aliphatic heterocycles. The summed E-state index contributed by atoms with van der Waals surface area (Å²) >= 11 is 0. The van der Waals surface area contributed by atoms with Crippen LogP contribution in [-0.4, -0.2) is 24.3 Å². The van der Waals surface area contributed by atoms with Crippen LogP contribution < -0.4 is 4.74 Å². The van der Waals surface area contributed by atoms with E-state index in [2.05, 4.69) is 50.9 Å². The minimum atomic E-state index is 0.729. The minimum Gasteiger partial charge on any atom is -0.457 e. The van der Waals surface area contributed by atoms with Gasteiger partial charge in [-0.2, -0.15) is 5.10 Å². The van der Waals surface area contributed by atoms with Gasteiger partial charge in [0.1, 0.15) is 23.0 Å². The van der Waals surface area contributed by atoms with Crippen LogP contribution in [0.15, 0.2) is 128 Å². The Kier molecular flexibility index (Phi) is 5.00. The van der Waals surface area contributed by atoms with Gasteiger partial charge in [0.25, 0.3) is 0 Å². The SMILES string of the molecule is c1ccc(-c2ccn(-c3cccc(Oc4ccc5c6ccccc6n(-c6ccccn6)c5c4)c3)n2)nc1. The predicted octanol–water partition coefficient (Wildman–Crippen LogP) is 7.22. The van der Waals surface area contributed by atoms with Crippen molar-refractivity contribution >= 4 is 21.8 Å². The van der Waals surface area contributed by atoms with Crippen molar-refractivity contribution in [3.8, 4) is 34.4 Å². The molecule has 0 unspecified atom stereocenters. The third-order valence-corrected chi connectivity index (χ3v) is 6.36. The molecule has 0 bridgehead atoms. The van der Waals surface area contributed by atoms with Gasteiger partial charge in [-0.3, -0.25) is 9.55 Å². The molecule has 0 spiro atoms. The summed E-state index contributed by atoms with van der Waals surface area (Å²) in [6.45, 7) is 0. The van der Waals surface area contributed by atoms with Gasteiger partial charge in [0.2, 0.25) is 0 Å². The Balaban J connectivity index is 1.26. The van der Waals surface area contributed by atoms with Gasteiger partial charge in [-0.25, -0.2) is 9.67 Å². The second kappa shape index (κ2) is 8.77. The van der Waals surface area contributed by atoms with Crippen LogP contribution in [0.3, 0.4) is 0 Å². The van der Waals surface area contributed by atoms with E-state index in [9.17, 15) is 0 Å². The van der Waals surface area contributed by atoms with Crippen LogP contribution in [0.2, 0.25) is 0 Å². The average molecular weight is 480 g/mol. The van der Waals surface area contributed by atoms with E-state index in [1.807, 2.05) is 89.9 Å². The molecule has 4 aromatic heterocycles. The van der Waals surface area contributed by atoms with Crippen LogP contribution in [0.1, 0.15) is 0 Å². The van der Waals surface area contributed by atoms with Gasteiger partial charge in [0, 0.05) is 41.5 Å². The Labute approximate surface area is 213 Å². The number of hydrogen-bond acceptors (Lipinski definition) is 4. The van der Waals surface area contributed by atoms with Gasteiger partial charge in [0.15, 0.2) is 0 Å². The first-order valence-electron chi connectivity index (χ1n) is 12.0. The summed E-state index contributed by atoms with van der Waals surface area (Å²) in [5.74, 6) is 2.35. The molecule has 0 aliphatic carbocycles. The van der Waals surface area contributed by atoms with E-state index in [0.29, 0.717) is 0 Å². The van der Waals surface area contributed by atoms with Crippen molar-refractivity contribution in [2.45, 2.75) is 0 Å². The highest BCUT2D eigenvalue weighted by Crippen LogP contribution is 2.35. The summed E-state index contributed by atoms with van der Waals surface area (Å²) in [7, 11) is 0. The number of fused-ring (bicyclic) bond motifs is 3. The lowest BCUT2D eigenvalue weighted by Crippen LogP contribution is -1.97. The van der Waals surface area contributed by atoms with Crippen LogP contribution in [-0.2, 0) is 0 Å².